The maximum absolute atomic E-state index is 13.3. The van der Waals surface area contributed by atoms with E-state index < -0.39 is 0 Å². The number of carbonyl (C=O) groups excluding carboxylic acids is 1. The van der Waals surface area contributed by atoms with E-state index in [4.69, 9.17) is 10.2 Å². The summed E-state index contributed by atoms with van der Waals surface area (Å²) in [6, 6.07) is 15.4. The van der Waals surface area contributed by atoms with Gasteiger partial charge in [-0.3, -0.25) is 9.69 Å². The number of nitriles is 1. The minimum atomic E-state index is -0.374. The molecule has 1 aliphatic rings. The largest absolute Gasteiger partial charge is 0.394 e. The molecular formula is C26H36N6O2S. The van der Waals surface area contributed by atoms with Crippen LogP contribution < -0.4 is 14.5 Å². The molecule has 2 heterocycles. The summed E-state index contributed by atoms with van der Waals surface area (Å²) in [6.45, 7) is 6.91. The summed E-state index contributed by atoms with van der Waals surface area (Å²) in [6.07, 6.45) is 4.08. The number of nitrogens with one attached hydrogen (secondary N) is 1. The molecule has 3 rings (SSSR count). The van der Waals surface area contributed by atoms with Gasteiger partial charge in [-0.05, 0) is 30.5 Å². The lowest BCUT2D eigenvalue weighted by Gasteiger charge is -2.35. The van der Waals surface area contributed by atoms with Gasteiger partial charge in [0.2, 0.25) is 0 Å². The number of aromatic nitrogens is 1. The van der Waals surface area contributed by atoms with Crippen LogP contribution in [0, 0.1) is 11.3 Å². The summed E-state index contributed by atoms with van der Waals surface area (Å²) >= 11 is 1.59. The van der Waals surface area contributed by atoms with Gasteiger partial charge in [0.1, 0.15) is 11.6 Å². The Morgan fingerprint density at radius 3 is 2.63 bits per heavy atom. The van der Waals surface area contributed by atoms with E-state index in [-0.39, 0.29) is 18.6 Å². The van der Waals surface area contributed by atoms with Crippen LogP contribution >= 0.6 is 11.9 Å². The fourth-order valence-electron chi connectivity index (χ4n) is 4.16. The lowest BCUT2D eigenvalue weighted by atomic mass is 10.1. The van der Waals surface area contributed by atoms with Crippen LogP contribution in [-0.2, 0) is 6.42 Å². The highest BCUT2D eigenvalue weighted by Crippen LogP contribution is 2.26. The van der Waals surface area contributed by atoms with Gasteiger partial charge in [0.05, 0.1) is 18.7 Å². The fourth-order valence-corrected chi connectivity index (χ4v) is 4.81. The first-order valence-corrected chi connectivity index (χ1v) is 13.4. The number of nitrogens with zero attached hydrogens (tertiary/aromatic N) is 5. The third-order valence-electron chi connectivity index (χ3n) is 6.08. The number of benzene rings is 1. The molecule has 1 aliphatic heterocycles. The van der Waals surface area contributed by atoms with E-state index in [1.807, 2.05) is 48.7 Å². The van der Waals surface area contributed by atoms with Crippen molar-refractivity contribution in [3.63, 3.8) is 0 Å². The van der Waals surface area contributed by atoms with E-state index in [9.17, 15) is 9.90 Å². The standard InChI is InChI=1S/C26H36N6O2S/c1-3-11-32(35-2)25-19-22(26(34)28-23(20-33)17-21-8-5-4-6-9-21)18-24(29-25)31-15-13-30(14-16-31)12-7-10-27/h4-6,8-9,18-19,23,33H,3,7,11-17,20H2,1-2H3,(H,28,34). The number of anilines is 2. The summed E-state index contributed by atoms with van der Waals surface area (Å²) < 4.78 is 2.11. The molecule has 35 heavy (non-hydrogen) atoms. The van der Waals surface area contributed by atoms with Crippen molar-refractivity contribution in [3.8, 4) is 6.07 Å². The van der Waals surface area contributed by atoms with Crippen molar-refractivity contribution in [2.45, 2.75) is 32.2 Å². The highest BCUT2D eigenvalue weighted by molar-refractivity contribution is 7.99. The predicted molar refractivity (Wildman–Crippen MR) is 143 cm³/mol. The molecule has 1 aromatic heterocycles. The van der Waals surface area contributed by atoms with Crippen molar-refractivity contribution in [2.24, 2.45) is 0 Å². The molecule has 1 amide bonds. The number of pyridine rings is 1. The first kappa shape index (κ1) is 26.8. The second-order valence-corrected chi connectivity index (χ2v) is 9.44. The minimum absolute atomic E-state index is 0.136. The molecule has 1 fully saturated rings. The van der Waals surface area contributed by atoms with E-state index in [2.05, 4.69) is 32.4 Å². The zero-order chi connectivity index (χ0) is 25.0. The predicted octanol–water partition coefficient (Wildman–Crippen LogP) is 2.95. The van der Waals surface area contributed by atoms with Crippen molar-refractivity contribution < 1.29 is 9.90 Å². The Morgan fingerprint density at radius 1 is 1.26 bits per heavy atom. The van der Waals surface area contributed by atoms with Crippen molar-refractivity contribution in [3.05, 3.63) is 53.6 Å². The molecule has 2 aromatic rings. The van der Waals surface area contributed by atoms with Crippen molar-refractivity contribution in [1.82, 2.24) is 15.2 Å². The fraction of sp³-hybridized carbons (Fsp3) is 0.500. The second kappa shape index (κ2) is 13.9. The van der Waals surface area contributed by atoms with Crippen LogP contribution in [0.1, 0.15) is 35.7 Å². The molecule has 8 nitrogen and oxygen atoms in total. The molecular weight excluding hydrogens is 460 g/mol. The molecule has 188 valence electrons. The maximum atomic E-state index is 13.3. The van der Waals surface area contributed by atoms with E-state index in [0.717, 1.165) is 62.9 Å². The molecule has 0 radical (unpaired) electrons. The zero-order valence-corrected chi connectivity index (χ0v) is 21.5. The van der Waals surface area contributed by atoms with Gasteiger partial charge in [0.15, 0.2) is 0 Å². The molecule has 0 saturated carbocycles. The number of hydrogen-bond acceptors (Lipinski definition) is 8. The van der Waals surface area contributed by atoms with Gasteiger partial charge in [-0.15, -0.1) is 0 Å². The van der Waals surface area contributed by atoms with E-state index >= 15 is 0 Å². The number of hydrogen-bond donors (Lipinski definition) is 2. The number of aliphatic hydroxyl groups is 1. The number of carbonyl (C=O) groups is 1. The SMILES string of the molecule is CCCN(SC)c1cc(C(=O)NC(CO)Cc2ccccc2)cc(N2CCN(CCC#N)CC2)n1. The van der Waals surface area contributed by atoms with Gasteiger partial charge in [0, 0.05) is 57.5 Å². The third kappa shape index (κ3) is 7.85. The first-order valence-electron chi connectivity index (χ1n) is 12.2. The molecule has 0 spiro atoms. The highest BCUT2D eigenvalue weighted by atomic mass is 32.2. The van der Waals surface area contributed by atoms with Gasteiger partial charge in [-0.1, -0.05) is 49.2 Å². The monoisotopic (exact) mass is 496 g/mol. The molecule has 1 atom stereocenters. The zero-order valence-electron chi connectivity index (χ0n) is 20.7. The smallest absolute Gasteiger partial charge is 0.251 e. The highest BCUT2D eigenvalue weighted by Gasteiger charge is 2.22. The normalized spacial score (nSPS) is 14.9. The minimum Gasteiger partial charge on any atom is -0.394 e. The quantitative estimate of drug-likeness (QED) is 0.433. The number of piperazine rings is 1. The topological polar surface area (TPSA) is 95.7 Å². The third-order valence-corrected chi connectivity index (χ3v) is 6.89. The van der Waals surface area contributed by atoms with Gasteiger partial charge in [-0.2, -0.15) is 5.26 Å². The summed E-state index contributed by atoms with van der Waals surface area (Å²) in [5, 5.41) is 21.8. The Hall–Kier alpha value is -2.80. The molecule has 1 unspecified atom stereocenters. The molecule has 9 heteroatoms. The van der Waals surface area contributed by atoms with E-state index in [0.29, 0.717) is 18.4 Å². The van der Waals surface area contributed by atoms with Crippen LogP contribution in [0.4, 0.5) is 11.6 Å². The molecule has 2 N–H and O–H groups in total. The summed E-state index contributed by atoms with van der Waals surface area (Å²) in [5.41, 5.74) is 1.60. The Balaban J connectivity index is 1.80. The average Bonchev–Trinajstić information content (AvgIpc) is 2.90. The molecule has 1 aromatic carbocycles. The summed E-state index contributed by atoms with van der Waals surface area (Å²) in [4.78, 5) is 22.7. The van der Waals surface area contributed by atoms with Gasteiger partial charge in [0.25, 0.3) is 5.91 Å². The van der Waals surface area contributed by atoms with Crippen molar-refractivity contribution in [1.29, 1.82) is 5.26 Å². The molecule has 0 aliphatic carbocycles. The van der Waals surface area contributed by atoms with E-state index in [1.165, 1.54) is 0 Å². The maximum Gasteiger partial charge on any atom is 0.251 e. The van der Waals surface area contributed by atoms with Crippen LogP contribution in [-0.4, -0.2) is 79.1 Å². The van der Waals surface area contributed by atoms with Crippen LogP contribution in [0.2, 0.25) is 0 Å². The average molecular weight is 497 g/mol. The lowest BCUT2D eigenvalue weighted by Crippen LogP contribution is -2.47. The Labute approximate surface area is 213 Å². The molecule has 0 bridgehead atoms. The van der Waals surface area contributed by atoms with Gasteiger partial charge in [-0.25, -0.2) is 4.98 Å². The summed E-state index contributed by atoms with van der Waals surface area (Å²) in [7, 11) is 0. The lowest BCUT2D eigenvalue weighted by molar-refractivity contribution is 0.0916. The van der Waals surface area contributed by atoms with Crippen LogP contribution in [0.15, 0.2) is 42.5 Å². The van der Waals surface area contributed by atoms with Crippen LogP contribution in [0.5, 0.6) is 0 Å². The van der Waals surface area contributed by atoms with Gasteiger partial charge >= 0.3 is 0 Å². The number of rotatable bonds is 12. The number of amides is 1. The summed E-state index contributed by atoms with van der Waals surface area (Å²) in [5.74, 6) is 1.33. The Morgan fingerprint density at radius 2 is 2.00 bits per heavy atom. The Bertz CT molecular complexity index is 976. The van der Waals surface area contributed by atoms with Crippen LogP contribution in [0.3, 0.4) is 0 Å². The Kier molecular flexibility index (Phi) is 10.7. The van der Waals surface area contributed by atoms with Crippen LogP contribution in [0.25, 0.3) is 0 Å². The van der Waals surface area contributed by atoms with Gasteiger partial charge < -0.3 is 19.6 Å². The van der Waals surface area contributed by atoms with Crippen molar-refractivity contribution >= 4 is 29.5 Å². The van der Waals surface area contributed by atoms with Crippen molar-refractivity contribution in [2.75, 3.05) is 61.3 Å². The second-order valence-electron chi connectivity index (χ2n) is 8.64. The molecule has 1 saturated heterocycles. The van der Waals surface area contributed by atoms with E-state index in [1.54, 1.807) is 11.9 Å². The first-order chi connectivity index (χ1) is 17.1. The number of aliphatic hydroxyl groups excluding tert-OH is 1.